The van der Waals surface area contributed by atoms with Crippen molar-refractivity contribution in [3.63, 3.8) is 0 Å². The maximum Gasteiger partial charge on any atom is 0.173 e. The summed E-state index contributed by atoms with van der Waals surface area (Å²) in [6, 6.07) is 7.96. The average molecular weight is 308 g/mol. The van der Waals surface area contributed by atoms with Crippen LogP contribution >= 0.6 is 12.2 Å². The third-order valence-electron chi connectivity index (χ3n) is 3.27. The fourth-order valence-corrected chi connectivity index (χ4v) is 2.32. The smallest absolute Gasteiger partial charge is 0.173 e. The quantitative estimate of drug-likeness (QED) is 0.669. The fraction of sp³-hybridized carbons (Fsp3) is 0.588. The van der Waals surface area contributed by atoms with Crippen LogP contribution in [-0.4, -0.2) is 29.7 Å². The number of hydrogen-bond acceptors (Lipinski definition) is 2. The van der Waals surface area contributed by atoms with Crippen molar-refractivity contribution >= 4 is 23.0 Å². The zero-order valence-corrected chi connectivity index (χ0v) is 14.3. The molecule has 0 atom stereocenters. The van der Waals surface area contributed by atoms with Crippen molar-refractivity contribution < 1.29 is 4.74 Å². The van der Waals surface area contributed by atoms with Gasteiger partial charge in [0.05, 0.1) is 6.61 Å². The number of hydrogen-bond donors (Lipinski definition) is 1. The predicted octanol–water partition coefficient (Wildman–Crippen LogP) is 4.68. The molecule has 1 aromatic carbocycles. The van der Waals surface area contributed by atoms with E-state index in [0.717, 1.165) is 29.6 Å². The number of ether oxygens (including phenoxy) is 1. The van der Waals surface area contributed by atoms with E-state index >= 15 is 0 Å². The van der Waals surface area contributed by atoms with Crippen molar-refractivity contribution in [1.29, 1.82) is 0 Å². The van der Waals surface area contributed by atoms with Gasteiger partial charge in [-0.3, -0.25) is 0 Å². The van der Waals surface area contributed by atoms with Gasteiger partial charge in [0.1, 0.15) is 5.75 Å². The average Bonchev–Trinajstić information content (AvgIpc) is 2.49. The SMILES string of the molecule is CCCCN(CCCC)C(=S)Nc1ccc(OCC)cc1. The van der Waals surface area contributed by atoms with Gasteiger partial charge in [-0.05, 0) is 56.2 Å². The molecule has 0 aliphatic carbocycles. The molecule has 3 nitrogen and oxygen atoms in total. The molecule has 1 rings (SSSR count). The highest BCUT2D eigenvalue weighted by Gasteiger charge is 2.08. The Balaban J connectivity index is 2.57. The summed E-state index contributed by atoms with van der Waals surface area (Å²) in [6.07, 6.45) is 4.73. The van der Waals surface area contributed by atoms with Gasteiger partial charge >= 0.3 is 0 Å². The van der Waals surface area contributed by atoms with E-state index in [1.807, 2.05) is 31.2 Å². The first-order valence-corrected chi connectivity index (χ1v) is 8.40. The molecule has 0 aliphatic heterocycles. The Bertz CT molecular complexity index is 398. The molecule has 118 valence electrons. The molecule has 0 saturated carbocycles. The molecule has 1 aromatic rings. The Morgan fingerprint density at radius 3 is 2.10 bits per heavy atom. The first-order valence-electron chi connectivity index (χ1n) is 8.00. The van der Waals surface area contributed by atoms with Crippen LogP contribution in [0.1, 0.15) is 46.5 Å². The van der Waals surface area contributed by atoms with Gasteiger partial charge in [-0.1, -0.05) is 26.7 Å². The molecule has 21 heavy (non-hydrogen) atoms. The van der Waals surface area contributed by atoms with Gasteiger partial charge in [-0.15, -0.1) is 0 Å². The van der Waals surface area contributed by atoms with E-state index in [0.29, 0.717) is 6.61 Å². The van der Waals surface area contributed by atoms with Crippen LogP contribution < -0.4 is 10.1 Å². The summed E-state index contributed by atoms with van der Waals surface area (Å²) in [5, 5.41) is 4.15. The van der Waals surface area contributed by atoms with Crippen LogP contribution in [0.5, 0.6) is 5.75 Å². The van der Waals surface area contributed by atoms with Gasteiger partial charge < -0.3 is 15.0 Å². The molecule has 0 aliphatic rings. The Morgan fingerprint density at radius 1 is 1.05 bits per heavy atom. The molecule has 0 amide bonds. The highest BCUT2D eigenvalue weighted by atomic mass is 32.1. The van der Waals surface area contributed by atoms with Gasteiger partial charge in [-0.2, -0.15) is 0 Å². The van der Waals surface area contributed by atoms with Gasteiger partial charge in [0.25, 0.3) is 0 Å². The maximum absolute atomic E-state index is 5.55. The molecular weight excluding hydrogens is 280 g/mol. The third-order valence-corrected chi connectivity index (χ3v) is 3.63. The number of rotatable bonds is 9. The monoisotopic (exact) mass is 308 g/mol. The van der Waals surface area contributed by atoms with Gasteiger partial charge in [0.15, 0.2) is 5.11 Å². The highest BCUT2D eigenvalue weighted by Crippen LogP contribution is 2.16. The van der Waals surface area contributed by atoms with Gasteiger partial charge in [0, 0.05) is 18.8 Å². The number of thiocarbonyl (C=S) groups is 1. The zero-order chi connectivity index (χ0) is 15.5. The zero-order valence-electron chi connectivity index (χ0n) is 13.5. The summed E-state index contributed by atoms with van der Waals surface area (Å²) >= 11 is 5.55. The first kappa shape index (κ1) is 17.8. The lowest BCUT2D eigenvalue weighted by atomic mass is 10.2. The van der Waals surface area contributed by atoms with E-state index < -0.39 is 0 Å². The number of nitrogens with one attached hydrogen (secondary N) is 1. The third kappa shape index (κ3) is 6.80. The molecule has 0 unspecified atom stereocenters. The summed E-state index contributed by atoms with van der Waals surface area (Å²) in [5.41, 5.74) is 1.02. The highest BCUT2D eigenvalue weighted by molar-refractivity contribution is 7.80. The van der Waals surface area contributed by atoms with Crippen LogP contribution in [0.25, 0.3) is 0 Å². The molecule has 0 fully saturated rings. The topological polar surface area (TPSA) is 24.5 Å². The van der Waals surface area contributed by atoms with Crippen molar-refractivity contribution in [2.24, 2.45) is 0 Å². The van der Waals surface area contributed by atoms with Gasteiger partial charge in [0.2, 0.25) is 0 Å². The van der Waals surface area contributed by atoms with Gasteiger partial charge in [-0.25, -0.2) is 0 Å². The molecule has 0 bridgehead atoms. The predicted molar refractivity (Wildman–Crippen MR) is 95.2 cm³/mol. The van der Waals surface area contributed by atoms with E-state index in [1.54, 1.807) is 0 Å². The van der Waals surface area contributed by atoms with E-state index in [1.165, 1.54) is 25.7 Å². The summed E-state index contributed by atoms with van der Waals surface area (Å²) in [4.78, 5) is 2.28. The van der Waals surface area contributed by atoms with Crippen LogP contribution in [-0.2, 0) is 0 Å². The Labute approximate surface area is 134 Å². The van der Waals surface area contributed by atoms with Crippen LogP contribution in [0.3, 0.4) is 0 Å². The van der Waals surface area contributed by atoms with E-state index in [4.69, 9.17) is 17.0 Å². The molecule has 0 radical (unpaired) electrons. The van der Waals surface area contributed by atoms with E-state index in [-0.39, 0.29) is 0 Å². The Kier molecular flexibility index (Phi) is 8.83. The van der Waals surface area contributed by atoms with Crippen molar-refractivity contribution in [3.05, 3.63) is 24.3 Å². The van der Waals surface area contributed by atoms with Crippen molar-refractivity contribution in [2.45, 2.75) is 46.5 Å². The number of unbranched alkanes of at least 4 members (excludes halogenated alkanes) is 2. The summed E-state index contributed by atoms with van der Waals surface area (Å²) in [5.74, 6) is 0.891. The molecule has 0 saturated heterocycles. The Morgan fingerprint density at radius 2 is 1.62 bits per heavy atom. The minimum absolute atomic E-state index is 0.688. The van der Waals surface area contributed by atoms with E-state index in [9.17, 15) is 0 Å². The second-order valence-electron chi connectivity index (χ2n) is 5.08. The molecular formula is C17H28N2OS. The second kappa shape index (κ2) is 10.4. The lowest BCUT2D eigenvalue weighted by Crippen LogP contribution is -2.36. The largest absolute Gasteiger partial charge is 0.494 e. The van der Waals surface area contributed by atoms with Crippen molar-refractivity contribution in [1.82, 2.24) is 4.90 Å². The van der Waals surface area contributed by atoms with E-state index in [2.05, 4.69) is 24.1 Å². The van der Waals surface area contributed by atoms with Crippen LogP contribution in [0, 0.1) is 0 Å². The summed E-state index contributed by atoms with van der Waals surface area (Å²) < 4.78 is 5.45. The molecule has 0 aromatic heterocycles. The number of nitrogens with zero attached hydrogens (tertiary/aromatic N) is 1. The second-order valence-corrected chi connectivity index (χ2v) is 5.47. The summed E-state index contributed by atoms with van der Waals surface area (Å²) in [6.45, 7) is 9.15. The van der Waals surface area contributed by atoms with Crippen molar-refractivity contribution in [2.75, 3.05) is 25.0 Å². The maximum atomic E-state index is 5.55. The van der Waals surface area contributed by atoms with Crippen LogP contribution in [0.4, 0.5) is 5.69 Å². The van der Waals surface area contributed by atoms with Crippen LogP contribution in [0.2, 0.25) is 0 Å². The standard InChI is InChI=1S/C17H28N2OS/c1-4-7-13-19(14-8-5-2)17(21)18-15-9-11-16(12-10-15)20-6-3/h9-12H,4-8,13-14H2,1-3H3,(H,18,21). The number of benzene rings is 1. The number of anilines is 1. The normalized spacial score (nSPS) is 10.2. The molecule has 0 heterocycles. The lowest BCUT2D eigenvalue weighted by molar-refractivity contribution is 0.340. The minimum Gasteiger partial charge on any atom is -0.494 e. The lowest BCUT2D eigenvalue weighted by Gasteiger charge is -2.25. The molecule has 0 spiro atoms. The summed E-state index contributed by atoms with van der Waals surface area (Å²) in [7, 11) is 0. The Hall–Kier alpha value is -1.29. The molecule has 1 N–H and O–H groups in total. The first-order chi connectivity index (χ1) is 10.2. The molecule has 4 heteroatoms. The van der Waals surface area contributed by atoms with Crippen molar-refractivity contribution in [3.8, 4) is 5.75 Å². The fourth-order valence-electron chi connectivity index (χ4n) is 2.02. The van der Waals surface area contributed by atoms with Crippen LogP contribution in [0.15, 0.2) is 24.3 Å². The minimum atomic E-state index is 0.688.